The summed E-state index contributed by atoms with van der Waals surface area (Å²) in [5.41, 5.74) is 13.8. The van der Waals surface area contributed by atoms with Crippen molar-refractivity contribution in [1.29, 1.82) is 0 Å². The Kier molecular flexibility index (Phi) is 5.69. The molecule has 2 aromatic heterocycles. The first kappa shape index (κ1) is 27.3. The van der Waals surface area contributed by atoms with Crippen LogP contribution in [-0.4, -0.2) is 15.0 Å². The molecule has 1 N–H and O–H groups in total. The molecule has 11 rings (SSSR count). The molecule has 2 aliphatic heterocycles. The van der Waals surface area contributed by atoms with Crippen molar-refractivity contribution in [3.63, 3.8) is 0 Å². The number of aromatic nitrogens is 2. The van der Waals surface area contributed by atoms with E-state index in [0.29, 0.717) is 0 Å². The quantitative estimate of drug-likeness (QED) is 0.205. The van der Waals surface area contributed by atoms with E-state index in [-0.39, 0.29) is 6.17 Å². The monoisotopic (exact) mass is 638 g/mol. The van der Waals surface area contributed by atoms with E-state index in [0.717, 1.165) is 45.0 Å². The average molecular weight is 639 g/mol. The molecule has 0 radical (unpaired) electrons. The molecule has 4 heterocycles. The van der Waals surface area contributed by atoms with Crippen LogP contribution >= 0.6 is 0 Å². The van der Waals surface area contributed by atoms with Gasteiger partial charge in [-0.25, -0.2) is 4.99 Å². The van der Waals surface area contributed by atoms with Crippen LogP contribution in [0.25, 0.3) is 71.7 Å². The van der Waals surface area contributed by atoms with Gasteiger partial charge in [0.05, 0.1) is 33.5 Å². The second-order valence-electron chi connectivity index (χ2n) is 13.1. The number of para-hydroxylation sites is 5. The standard InChI is InChI=1S/C46H30N4/c1-2-15-29(16-3-1)45-47-43(37-22-9-13-28-41(37)49-38-25-10-6-18-31(38)32-19-7-11-26-39(32)49)42-34-21-5-4-17-30(34)35-23-14-24-36-33-20-8-12-27-40(33)50(44(35)36)46(42)48-45/h1-28,45,47H. The van der Waals surface area contributed by atoms with Crippen LogP contribution in [0.2, 0.25) is 0 Å². The Balaban J connectivity index is 1.30. The Bertz CT molecular complexity index is 2850. The van der Waals surface area contributed by atoms with Gasteiger partial charge < -0.3 is 9.88 Å². The topological polar surface area (TPSA) is 34.2 Å². The number of hydrogen-bond donors (Lipinski definition) is 1. The largest absolute Gasteiger partial charge is 0.359 e. The fourth-order valence-corrected chi connectivity index (χ4v) is 8.42. The minimum Gasteiger partial charge on any atom is -0.359 e. The van der Waals surface area contributed by atoms with Gasteiger partial charge in [0.2, 0.25) is 0 Å². The fourth-order valence-electron chi connectivity index (χ4n) is 8.42. The second-order valence-corrected chi connectivity index (χ2v) is 13.1. The van der Waals surface area contributed by atoms with Crippen molar-refractivity contribution in [2.45, 2.75) is 6.17 Å². The van der Waals surface area contributed by atoms with Crippen LogP contribution in [0.15, 0.2) is 175 Å². The van der Waals surface area contributed by atoms with Crippen molar-refractivity contribution >= 4 is 60.7 Å². The normalized spacial score (nSPS) is 15.2. The minimum atomic E-state index is -0.301. The molecule has 0 amide bonds. The Hall–Kier alpha value is -6.65. The van der Waals surface area contributed by atoms with E-state index in [1.54, 1.807) is 0 Å². The molecular weight excluding hydrogens is 609 g/mol. The first-order valence-corrected chi connectivity index (χ1v) is 17.2. The third kappa shape index (κ3) is 3.73. The molecule has 2 aliphatic rings. The molecule has 4 nitrogen and oxygen atoms in total. The number of nitrogens with one attached hydrogen (secondary N) is 1. The summed E-state index contributed by atoms with van der Waals surface area (Å²) in [6, 6.07) is 61.2. The van der Waals surface area contributed by atoms with Crippen molar-refractivity contribution in [3.8, 4) is 16.8 Å². The summed E-state index contributed by atoms with van der Waals surface area (Å²) in [4.78, 5) is 5.65. The predicted octanol–water partition coefficient (Wildman–Crippen LogP) is 11.0. The molecule has 50 heavy (non-hydrogen) atoms. The van der Waals surface area contributed by atoms with E-state index in [4.69, 9.17) is 4.99 Å². The van der Waals surface area contributed by atoms with E-state index in [9.17, 15) is 0 Å². The highest BCUT2D eigenvalue weighted by Crippen LogP contribution is 2.47. The lowest BCUT2D eigenvalue weighted by molar-refractivity contribution is 0.662. The third-order valence-electron chi connectivity index (χ3n) is 10.5. The summed E-state index contributed by atoms with van der Waals surface area (Å²) in [6.45, 7) is 0. The van der Waals surface area contributed by atoms with Gasteiger partial charge in [-0.15, -0.1) is 0 Å². The molecule has 7 aromatic carbocycles. The van der Waals surface area contributed by atoms with Crippen molar-refractivity contribution in [2.75, 3.05) is 0 Å². The lowest BCUT2D eigenvalue weighted by Gasteiger charge is -2.31. The van der Waals surface area contributed by atoms with Gasteiger partial charge in [-0.05, 0) is 41.0 Å². The van der Waals surface area contributed by atoms with Gasteiger partial charge in [-0.2, -0.15) is 0 Å². The van der Waals surface area contributed by atoms with E-state index in [2.05, 4.69) is 184 Å². The summed E-state index contributed by atoms with van der Waals surface area (Å²) in [5, 5.41) is 8.97. The van der Waals surface area contributed by atoms with Gasteiger partial charge >= 0.3 is 0 Å². The molecule has 4 heteroatoms. The molecule has 1 unspecified atom stereocenters. The summed E-state index contributed by atoms with van der Waals surface area (Å²) in [7, 11) is 0. The number of benzene rings is 7. The Morgan fingerprint density at radius 1 is 0.420 bits per heavy atom. The number of rotatable bonds is 3. The molecule has 0 saturated heterocycles. The minimum absolute atomic E-state index is 0.301. The first-order chi connectivity index (χ1) is 24.8. The summed E-state index contributed by atoms with van der Waals surface area (Å²) >= 11 is 0. The second kappa shape index (κ2) is 10.4. The molecule has 1 atom stereocenters. The van der Waals surface area contributed by atoms with E-state index in [1.165, 1.54) is 49.2 Å². The van der Waals surface area contributed by atoms with Crippen LogP contribution in [0, 0.1) is 0 Å². The lowest BCUT2D eigenvalue weighted by atomic mass is 9.90. The number of fused-ring (bicyclic) bond motifs is 11. The molecule has 0 aliphatic carbocycles. The molecule has 0 spiro atoms. The maximum absolute atomic E-state index is 5.65. The lowest BCUT2D eigenvalue weighted by Crippen LogP contribution is -2.30. The van der Waals surface area contributed by atoms with Gasteiger partial charge in [0.25, 0.3) is 0 Å². The van der Waals surface area contributed by atoms with Gasteiger partial charge in [0, 0.05) is 38.2 Å². The third-order valence-corrected chi connectivity index (χ3v) is 10.5. The molecular formula is C46H30N4. The van der Waals surface area contributed by atoms with Crippen molar-refractivity contribution < 1.29 is 0 Å². The smallest absolute Gasteiger partial charge is 0.147 e. The van der Waals surface area contributed by atoms with Crippen molar-refractivity contribution in [1.82, 2.24) is 14.5 Å². The number of allylic oxidation sites excluding steroid dienone is 1. The Labute approximate surface area is 288 Å². The van der Waals surface area contributed by atoms with Gasteiger partial charge in [-0.1, -0.05) is 146 Å². The first-order valence-electron chi connectivity index (χ1n) is 17.2. The zero-order chi connectivity index (χ0) is 32.8. The number of nitrogens with zero attached hydrogens (tertiary/aromatic N) is 3. The summed E-state index contributed by atoms with van der Waals surface area (Å²) in [6.07, 6.45) is -0.301. The van der Waals surface area contributed by atoms with Crippen molar-refractivity contribution in [2.24, 2.45) is 4.99 Å². The number of hydrogen-bond acceptors (Lipinski definition) is 2. The fraction of sp³-hybridized carbons (Fsp3) is 0.0217. The summed E-state index contributed by atoms with van der Waals surface area (Å²) < 4.78 is 4.86. The molecule has 234 valence electrons. The molecule has 9 aromatic rings. The maximum atomic E-state index is 5.65. The van der Waals surface area contributed by atoms with E-state index < -0.39 is 0 Å². The van der Waals surface area contributed by atoms with Gasteiger partial charge in [0.15, 0.2) is 0 Å². The molecule has 0 fully saturated rings. The van der Waals surface area contributed by atoms with Gasteiger partial charge in [0.1, 0.15) is 12.0 Å². The average Bonchev–Trinajstić information content (AvgIpc) is 3.67. The predicted molar refractivity (Wildman–Crippen MR) is 208 cm³/mol. The van der Waals surface area contributed by atoms with Crippen molar-refractivity contribution in [3.05, 3.63) is 187 Å². The zero-order valence-electron chi connectivity index (χ0n) is 27.1. The van der Waals surface area contributed by atoms with E-state index in [1.807, 2.05) is 0 Å². The van der Waals surface area contributed by atoms with E-state index >= 15 is 0 Å². The zero-order valence-corrected chi connectivity index (χ0v) is 27.1. The molecule has 0 bridgehead atoms. The van der Waals surface area contributed by atoms with Crippen LogP contribution in [-0.2, 0) is 0 Å². The van der Waals surface area contributed by atoms with Crippen LogP contribution in [0.1, 0.15) is 22.9 Å². The highest BCUT2D eigenvalue weighted by Gasteiger charge is 2.34. The maximum Gasteiger partial charge on any atom is 0.147 e. The van der Waals surface area contributed by atoms with Crippen LogP contribution in [0.3, 0.4) is 0 Å². The van der Waals surface area contributed by atoms with Crippen LogP contribution < -0.4 is 5.32 Å². The number of aliphatic imine (C=N–C) groups is 1. The molecule has 0 saturated carbocycles. The summed E-state index contributed by atoms with van der Waals surface area (Å²) in [5.74, 6) is 0.952. The SMILES string of the molecule is c1ccc(C2N=C3C(=C(c4ccccc4-n4c5ccccc5c5ccccc54)N2)c2ccccc2-c2cccc4c5ccccc5n3c24)cc1. The van der Waals surface area contributed by atoms with Crippen LogP contribution in [0.4, 0.5) is 0 Å². The highest BCUT2D eigenvalue weighted by molar-refractivity contribution is 6.38. The highest BCUT2D eigenvalue weighted by atomic mass is 15.2. The van der Waals surface area contributed by atoms with Crippen LogP contribution in [0.5, 0.6) is 0 Å². The Morgan fingerprint density at radius 2 is 0.940 bits per heavy atom. The van der Waals surface area contributed by atoms with Gasteiger partial charge in [-0.3, -0.25) is 4.57 Å². The Morgan fingerprint density at radius 3 is 1.66 bits per heavy atom.